The van der Waals surface area contributed by atoms with Crippen LogP contribution in [0.4, 0.5) is 9.80 Å². The number of hydrogen-bond donors (Lipinski definition) is 2. The maximum Gasteiger partial charge on any atom is 0.491 e. The smallest absolute Gasteiger partial charge is 0.444 e. The quantitative estimate of drug-likeness (QED) is 0.728. The second-order valence-electron chi connectivity index (χ2n) is 8.71. The van der Waals surface area contributed by atoms with Crippen LogP contribution >= 0.6 is 11.3 Å². The van der Waals surface area contributed by atoms with Crippen LogP contribution in [0.1, 0.15) is 54.0 Å². The van der Waals surface area contributed by atoms with Crippen molar-refractivity contribution in [2.75, 3.05) is 18.9 Å². The zero-order valence-electron chi connectivity index (χ0n) is 17.6. The number of carbonyl (C=O) groups excluding carboxylic acids is 1. The molecule has 0 radical (unpaired) electrons. The normalized spacial score (nSPS) is 19.3. The highest BCUT2D eigenvalue weighted by atomic mass is 32.1. The molecular weight excluding hydrogens is 363 g/mol. The monoisotopic (exact) mass is 394 g/mol. The van der Waals surface area contributed by atoms with E-state index >= 15 is 0 Å². The van der Waals surface area contributed by atoms with Crippen LogP contribution in [0.15, 0.2) is 16.9 Å². The third-order valence-electron chi connectivity index (χ3n) is 4.53. The van der Waals surface area contributed by atoms with Crippen molar-refractivity contribution in [2.45, 2.75) is 65.3 Å². The van der Waals surface area contributed by atoms with Gasteiger partial charge in [-0.1, -0.05) is 6.08 Å². The van der Waals surface area contributed by atoms with Gasteiger partial charge in [-0.2, -0.15) is 0 Å². The van der Waals surface area contributed by atoms with Crippen LogP contribution in [0.25, 0.3) is 6.08 Å². The molecule has 1 aromatic rings. The van der Waals surface area contributed by atoms with Crippen molar-refractivity contribution in [1.82, 2.24) is 5.32 Å². The Kier molecular flexibility index (Phi) is 6.46. The van der Waals surface area contributed by atoms with Crippen LogP contribution in [0.3, 0.4) is 0 Å². The summed E-state index contributed by atoms with van der Waals surface area (Å²) in [5.74, 6) is 0. The van der Waals surface area contributed by atoms with E-state index in [1.165, 1.54) is 11.3 Å². The second-order valence-corrected chi connectivity index (χ2v) is 9.62. The van der Waals surface area contributed by atoms with Crippen LogP contribution < -0.4 is 10.6 Å². The van der Waals surface area contributed by atoms with Gasteiger partial charge in [-0.15, -0.1) is 11.3 Å². The minimum Gasteiger partial charge on any atom is -0.444 e. The lowest BCUT2D eigenvalue weighted by Gasteiger charge is -2.32. The van der Waals surface area contributed by atoms with Crippen molar-refractivity contribution in [3.63, 3.8) is 0 Å². The molecule has 2 rings (SSSR count). The summed E-state index contributed by atoms with van der Waals surface area (Å²) in [6.07, 6.45) is 1.58. The minimum atomic E-state index is -0.527. The molecule has 150 valence electrons. The van der Waals surface area contributed by atoms with E-state index in [2.05, 4.69) is 10.6 Å². The molecule has 1 amide bonds. The summed E-state index contributed by atoms with van der Waals surface area (Å²) in [6, 6.07) is 1.91. The highest BCUT2D eigenvalue weighted by Gasteiger charge is 2.52. The summed E-state index contributed by atoms with van der Waals surface area (Å²) >= 11 is 1.45. The lowest BCUT2D eigenvalue weighted by Crippen LogP contribution is -2.41. The van der Waals surface area contributed by atoms with Crippen LogP contribution in [0.2, 0.25) is 0 Å². The van der Waals surface area contributed by atoms with E-state index in [4.69, 9.17) is 14.0 Å². The molecule has 27 heavy (non-hydrogen) atoms. The molecule has 0 bridgehead atoms. The summed E-state index contributed by atoms with van der Waals surface area (Å²) in [5, 5.41) is 8.65. The lowest BCUT2D eigenvalue weighted by atomic mass is 9.77. The molecule has 0 aliphatic carbocycles. The summed E-state index contributed by atoms with van der Waals surface area (Å²) < 4.78 is 17.6. The highest BCUT2D eigenvalue weighted by molar-refractivity contribution is 7.14. The predicted octanol–water partition coefficient (Wildman–Crippen LogP) is 4.33. The molecular formula is C19H31BN2O4S. The van der Waals surface area contributed by atoms with Crippen molar-refractivity contribution in [2.24, 2.45) is 0 Å². The molecule has 6 nitrogen and oxygen atoms in total. The first-order valence-electron chi connectivity index (χ1n) is 9.12. The van der Waals surface area contributed by atoms with E-state index < -0.39 is 18.8 Å². The molecule has 1 aliphatic heterocycles. The molecule has 0 spiro atoms. The first-order valence-corrected chi connectivity index (χ1v) is 10.0. The summed E-state index contributed by atoms with van der Waals surface area (Å²) in [6.45, 7) is 14.3. The number of likely N-dealkylation sites (N-methyl/N-ethyl adjacent to an activating group) is 1. The Balaban J connectivity index is 2.13. The number of rotatable bonds is 5. The molecule has 2 heterocycles. The molecule has 1 aliphatic rings. The number of amides is 1. The Morgan fingerprint density at radius 3 is 2.37 bits per heavy atom. The van der Waals surface area contributed by atoms with Gasteiger partial charge in [-0.05, 0) is 72.6 Å². The number of ether oxygens (including phenoxy) is 1. The van der Waals surface area contributed by atoms with E-state index in [-0.39, 0.29) is 11.2 Å². The fourth-order valence-corrected chi connectivity index (χ4v) is 3.26. The molecule has 0 unspecified atom stereocenters. The van der Waals surface area contributed by atoms with Gasteiger partial charge in [0, 0.05) is 11.9 Å². The zero-order valence-corrected chi connectivity index (χ0v) is 18.4. The number of carbonyl (C=O) groups is 1. The van der Waals surface area contributed by atoms with Crippen molar-refractivity contribution < 1.29 is 18.8 Å². The Labute approximate surface area is 166 Å². The van der Waals surface area contributed by atoms with Crippen LogP contribution in [-0.4, -0.2) is 43.6 Å². The molecule has 8 heteroatoms. The topological polar surface area (TPSA) is 68.8 Å². The third-order valence-corrected chi connectivity index (χ3v) is 5.40. The second kappa shape index (κ2) is 7.95. The number of anilines is 1. The minimum absolute atomic E-state index is 0.386. The first-order chi connectivity index (χ1) is 12.3. The van der Waals surface area contributed by atoms with Crippen LogP contribution in [0, 0.1) is 0 Å². The highest BCUT2D eigenvalue weighted by Crippen LogP contribution is 2.39. The van der Waals surface area contributed by atoms with E-state index in [9.17, 15) is 4.79 Å². The van der Waals surface area contributed by atoms with Crippen molar-refractivity contribution in [1.29, 1.82) is 0 Å². The van der Waals surface area contributed by atoms with Crippen LogP contribution in [0.5, 0.6) is 0 Å². The van der Waals surface area contributed by atoms with Gasteiger partial charge in [0.1, 0.15) is 5.60 Å². The van der Waals surface area contributed by atoms with Crippen molar-refractivity contribution >= 4 is 35.6 Å². The SMILES string of the molecule is CNCC(=Cc1csc(NC(=O)OC(C)(C)C)c1)B1OC(C)(C)C(C)(C)O1. The maximum absolute atomic E-state index is 11.9. The van der Waals surface area contributed by atoms with Gasteiger partial charge in [0.2, 0.25) is 0 Å². The van der Waals surface area contributed by atoms with E-state index in [0.717, 1.165) is 16.0 Å². The van der Waals surface area contributed by atoms with Gasteiger partial charge >= 0.3 is 13.2 Å². The van der Waals surface area contributed by atoms with Gasteiger partial charge in [-0.25, -0.2) is 4.79 Å². The summed E-state index contributed by atoms with van der Waals surface area (Å²) in [7, 11) is 1.48. The molecule has 2 N–H and O–H groups in total. The summed E-state index contributed by atoms with van der Waals surface area (Å²) in [4.78, 5) is 11.9. The zero-order chi connectivity index (χ0) is 20.5. The van der Waals surface area contributed by atoms with Gasteiger partial charge < -0.3 is 19.4 Å². The molecule has 0 aromatic carbocycles. The first kappa shape index (κ1) is 21.9. The van der Waals surface area contributed by atoms with E-state index in [1.54, 1.807) is 0 Å². The fraction of sp³-hybridized carbons (Fsp3) is 0.632. The van der Waals surface area contributed by atoms with E-state index in [0.29, 0.717) is 6.54 Å². The fourth-order valence-electron chi connectivity index (χ4n) is 2.51. The Morgan fingerprint density at radius 2 is 1.85 bits per heavy atom. The average molecular weight is 394 g/mol. The molecule has 0 saturated carbocycles. The number of nitrogens with one attached hydrogen (secondary N) is 2. The molecule has 1 saturated heterocycles. The standard InChI is InChI=1S/C19H31BN2O4S/c1-17(2,3)24-16(23)22-15-10-13(12-27-15)9-14(11-21-8)20-25-18(4,5)19(6,7)26-20/h9-10,12,21H,11H2,1-8H3,(H,22,23). The largest absolute Gasteiger partial charge is 0.491 e. The Morgan fingerprint density at radius 1 is 1.26 bits per heavy atom. The number of hydrogen-bond acceptors (Lipinski definition) is 6. The summed E-state index contributed by atoms with van der Waals surface area (Å²) in [5.41, 5.74) is 0.676. The predicted molar refractivity (Wildman–Crippen MR) is 112 cm³/mol. The maximum atomic E-state index is 11.9. The van der Waals surface area contributed by atoms with Gasteiger partial charge in [0.15, 0.2) is 0 Å². The van der Waals surface area contributed by atoms with E-state index in [1.807, 2.05) is 73.0 Å². The van der Waals surface area contributed by atoms with Crippen molar-refractivity contribution in [3.8, 4) is 0 Å². The van der Waals surface area contributed by atoms with Gasteiger partial charge in [0.05, 0.1) is 16.2 Å². The van der Waals surface area contributed by atoms with Crippen LogP contribution in [-0.2, 0) is 14.0 Å². The molecule has 0 atom stereocenters. The molecule has 1 aromatic heterocycles. The van der Waals surface area contributed by atoms with Crippen molar-refractivity contribution in [3.05, 3.63) is 22.5 Å². The van der Waals surface area contributed by atoms with Gasteiger partial charge in [-0.3, -0.25) is 5.32 Å². The molecule has 1 fully saturated rings. The third kappa shape index (κ3) is 5.81. The Bertz CT molecular complexity index is 691. The van der Waals surface area contributed by atoms with Gasteiger partial charge in [0.25, 0.3) is 0 Å². The number of thiophene rings is 1. The Hall–Kier alpha value is -1.35. The average Bonchev–Trinajstić information content (AvgIpc) is 2.98. The lowest BCUT2D eigenvalue weighted by molar-refractivity contribution is 0.00578.